The number of methoxy groups -OCH3 is 1. The van der Waals surface area contributed by atoms with Gasteiger partial charge in [-0.2, -0.15) is 4.98 Å². The largest absolute Gasteiger partial charge is 0.481 e. The zero-order chi connectivity index (χ0) is 9.68. The zero-order valence-corrected chi connectivity index (χ0v) is 7.90. The second kappa shape index (κ2) is 4.61. The van der Waals surface area contributed by atoms with E-state index >= 15 is 0 Å². The number of aromatic nitrogens is 2. The minimum Gasteiger partial charge on any atom is -0.481 e. The molecule has 0 aliphatic heterocycles. The Balaban J connectivity index is 2.75. The van der Waals surface area contributed by atoms with E-state index in [9.17, 15) is 0 Å². The molecule has 1 rings (SSSR count). The summed E-state index contributed by atoms with van der Waals surface area (Å²) < 4.78 is 4.97. The van der Waals surface area contributed by atoms with Crippen LogP contribution in [0.4, 0.5) is 5.95 Å². The Morgan fingerprint density at radius 1 is 1.62 bits per heavy atom. The van der Waals surface area contributed by atoms with Gasteiger partial charge < -0.3 is 15.4 Å². The lowest BCUT2D eigenvalue weighted by Gasteiger charge is -2.15. The molecule has 1 heterocycles. The van der Waals surface area contributed by atoms with Crippen LogP contribution < -0.4 is 15.4 Å². The lowest BCUT2D eigenvalue weighted by atomic mass is 10.5. The number of ether oxygens (including phenoxy) is 1. The van der Waals surface area contributed by atoms with Gasteiger partial charge in [-0.3, -0.25) is 0 Å². The fourth-order valence-corrected chi connectivity index (χ4v) is 0.924. The maximum Gasteiger partial charge on any atom is 0.228 e. The second-order valence-corrected chi connectivity index (χ2v) is 2.61. The minimum absolute atomic E-state index is 0.564. The summed E-state index contributed by atoms with van der Waals surface area (Å²) in [5.74, 6) is 1.19. The molecule has 0 unspecified atom stereocenters. The van der Waals surface area contributed by atoms with Gasteiger partial charge in [0.2, 0.25) is 11.8 Å². The Hall–Kier alpha value is -1.36. The molecule has 5 heteroatoms. The van der Waals surface area contributed by atoms with Crippen LogP contribution in [0.2, 0.25) is 0 Å². The van der Waals surface area contributed by atoms with Crippen LogP contribution in [-0.4, -0.2) is 37.2 Å². The third kappa shape index (κ3) is 2.55. The van der Waals surface area contributed by atoms with Crippen LogP contribution in [0.1, 0.15) is 0 Å². The summed E-state index contributed by atoms with van der Waals surface area (Å²) in [5, 5.41) is 0. The highest BCUT2D eigenvalue weighted by atomic mass is 16.5. The zero-order valence-electron chi connectivity index (χ0n) is 7.90. The molecule has 0 atom stereocenters. The van der Waals surface area contributed by atoms with Crippen LogP contribution in [0, 0.1) is 0 Å². The number of anilines is 1. The van der Waals surface area contributed by atoms with Crippen molar-refractivity contribution in [3.63, 3.8) is 0 Å². The summed E-state index contributed by atoms with van der Waals surface area (Å²) in [6, 6.07) is 1.71. The molecule has 0 aliphatic carbocycles. The highest BCUT2D eigenvalue weighted by Gasteiger charge is 2.03. The Kier molecular flexibility index (Phi) is 3.45. The van der Waals surface area contributed by atoms with Gasteiger partial charge in [0.05, 0.1) is 7.11 Å². The lowest BCUT2D eigenvalue weighted by Crippen LogP contribution is -2.26. The van der Waals surface area contributed by atoms with E-state index in [0.29, 0.717) is 18.4 Å². The van der Waals surface area contributed by atoms with Gasteiger partial charge in [0.15, 0.2) is 0 Å². The maximum atomic E-state index is 5.41. The highest BCUT2D eigenvalue weighted by molar-refractivity contribution is 5.30. The van der Waals surface area contributed by atoms with E-state index in [4.69, 9.17) is 10.5 Å². The van der Waals surface area contributed by atoms with Crippen LogP contribution >= 0.6 is 0 Å². The van der Waals surface area contributed by atoms with Gasteiger partial charge in [0.1, 0.15) is 0 Å². The second-order valence-electron chi connectivity index (χ2n) is 2.61. The summed E-state index contributed by atoms with van der Waals surface area (Å²) in [7, 11) is 3.47. The van der Waals surface area contributed by atoms with Crippen LogP contribution in [0.15, 0.2) is 12.3 Å². The molecule has 0 radical (unpaired) electrons. The van der Waals surface area contributed by atoms with Crippen LogP contribution in [-0.2, 0) is 0 Å². The quantitative estimate of drug-likeness (QED) is 0.703. The predicted molar refractivity (Wildman–Crippen MR) is 50.9 cm³/mol. The normalized spacial score (nSPS) is 9.77. The number of nitrogens with two attached hydrogens (primary N) is 1. The minimum atomic E-state index is 0.564. The Morgan fingerprint density at radius 2 is 2.38 bits per heavy atom. The predicted octanol–water partition coefficient (Wildman–Crippen LogP) is -0.120. The van der Waals surface area contributed by atoms with Gasteiger partial charge in [-0.15, -0.1) is 0 Å². The van der Waals surface area contributed by atoms with Crippen molar-refractivity contribution in [3.8, 4) is 5.88 Å². The van der Waals surface area contributed by atoms with Gasteiger partial charge in [-0.1, -0.05) is 0 Å². The summed E-state index contributed by atoms with van der Waals surface area (Å²) >= 11 is 0. The van der Waals surface area contributed by atoms with E-state index in [0.717, 1.165) is 6.54 Å². The van der Waals surface area contributed by atoms with Crippen molar-refractivity contribution in [2.75, 3.05) is 32.1 Å². The van der Waals surface area contributed by atoms with Crippen LogP contribution in [0.5, 0.6) is 5.88 Å². The van der Waals surface area contributed by atoms with Crippen LogP contribution in [0.25, 0.3) is 0 Å². The third-order valence-corrected chi connectivity index (χ3v) is 1.63. The fraction of sp³-hybridized carbons (Fsp3) is 0.500. The topological polar surface area (TPSA) is 64.3 Å². The standard InChI is InChI=1S/C8H14N4O/c1-12(6-4-9)8-10-5-3-7(11-8)13-2/h3,5H,4,6,9H2,1-2H3. The summed E-state index contributed by atoms with van der Waals surface area (Å²) in [4.78, 5) is 10.1. The van der Waals surface area contributed by atoms with E-state index < -0.39 is 0 Å². The first kappa shape index (κ1) is 9.73. The number of likely N-dealkylation sites (N-methyl/N-ethyl adjacent to an activating group) is 1. The Labute approximate surface area is 77.5 Å². The smallest absolute Gasteiger partial charge is 0.228 e. The van der Waals surface area contributed by atoms with E-state index in [1.165, 1.54) is 0 Å². The van der Waals surface area contributed by atoms with E-state index in [2.05, 4.69) is 9.97 Å². The van der Waals surface area contributed by atoms with Crippen molar-refractivity contribution >= 4 is 5.95 Å². The number of nitrogens with zero attached hydrogens (tertiary/aromatic N) is 3. The van der Waals surface area contributed by atoms with E-state index in [-0.39, 0.29) is 0 Å². The Morgan fingerprint density at radius 3 is 3.00 bits per heavy atom. The summed E-state index contributed by atoms with van der Waals surface area (Å²) in [6.45, 7) is 1.31. The average Bonchev–Trinajstić information content (AvgIpc) is 2.18. The molecule has 0 bridgehead atoms. The van der Waals surface area contributed by atoms with E-state index in [1.54, 1.807) is 19.4 Å². The molecule has 0 spiro atoms. The first-order chi connectivity index (χ1) is 6.27. The van der Waals surface area contributed by atoms with Crippen LogP contribution in [0.3, 0.4) is 0 Å². The number of hydrogen-bond acceptors (Lipinski definition) is 5. The van der Waals surface area contributed by atoms with Gasteiger partial charge in [-0.25, -0.2) is 4.98 Å². The molecule has 0 fully saturated rings. The summed E-state index contributed by atoms with van der Waals surface area (Å²) in [6.07, 6.45) is 1.66. The maximum absolute atomic E-state index is 5.41. The lowest BCUT2D eigenvalue weighted by molar-refractivity contribution is 0.397. The van der Waals surface area contributed by atoms with Crippen molar-refractivity contribution in [2.45, 2.75) is 0 Å². The van der Waals surface area contributed by atoms with Crippen molar-refractivity contribution in [1.82, 2.24) is 9.97 Å². The van der Waals surface area contributed by atoms with Gasteiger partial charge >= 0.3 is 0 Å². The molecule has 13 heavy (non-hydrogen) atoms. The molecule has 0 aliphatic rings. The highest BCUT2D eigenvalue weighted by Crippen LogP contribution is 2.09. The van der Waals surface area contributed by atoms with Gasteiger partial charge in [0.25, 0.3) is 0 Å². The van der Waals surface area contributed by atoms with Crippen molar-refractivity contribution in [1.29, 1.82) is 0 Å². The first-order valence-electron chi connectivity index (χ1n) is 4.06. The van der Waals surface area contributed by atoms with Crippen molar-refractivity contribution < 1.29 is 4.74 Å². The molecular weight excluding hydrogens is 168 g/mol. The molecule has 5 nitrogen and oxygen atoms in total. The SMILES string of the molecule is COc1ccnc(N(C)CCN)n1. The molecule has 0 saturated heterocycles. The van der Waals surface area contributed by atoms with Gasteiger partial charge in [-0.05, 0) is 0 Å². The van der Waals surface area contributed by atoms with Gasteiger partial charge in [0, 0.05) is 32.4 Å². The monoisotopic (exact) mass is 182 g/mol. The third-order valence-electron chi connectivity index (χ3n) is 1.63. The molecule has 72 valence electrons. The average molecular weight is 182 g/mol. The van der Waals surface area contributed by atoms with E-state index in [1.807, 2.05) is 11.9 Å². The molecular formula is C8H14N4O. The molecule has 2 N–H and O–H groups in total. The molecule has 0 amide bonds. The van der Waals surface area contributed by atoms with Crippen molar-refractivity contribution in [3.05, 3.63) is 12.3 Å². The number of rotatable bonds is 4. The molecule has 0 aromatic carbocycles. The molecule has 1 aromatic heterocycles. The molecule has 1 aromatic rings. The summed E-state index contributed by atoms with van der Waals surface area (Å²) in [5.41, 5.74) is 5.41. The molecule has 0 saturated carbocycles. The number of hydrogen-bond donors (Lipinski definition) is 1. The Bertz CT molecular complexity index is 266. The van der Waals surface area contributed by atoms with Crippen molar-refractivity contribution in [2.24, 2.45) is 5.73 Å². The fourth-order valence-electron chi connectivity index (χ4n) is 0.924. The first-order valence-corrected chi connectivity index (χ1v) is 4.06.